The molecule has 4 N–H and O–H groups in total. The van der Waals surface area contributed by atoms with Crippen molar-refractivity contribution in [3.63, 3.8) is 0 Å². The van der Waals surface area contributed by atoms with Gasteiger partial charge in [-0.15, -0.1) is 11.3 Å². The van der Waals surface area contributed by atoms with Gasteiger partial charge in [0.05, 0.1) is 10.6 Å². The molecule has 2 aromatic rings. The molecule has 3 nitrogen and oxygen atoms in total. The van der Waals surface area contributed by atoms with E-state index in [9.17, 15) is 9.18 Å². The highest BCUT2D eigenvalue weighted by Crippen LogP contribution is 2.34. The van der Waals surface area contributed by atoms with Gasteiger partial charge >= 0.3 is 0 Å². The second kappa shape index (κ2) is 3.94. The minimum Gasteiger partial charge on any atom is -0.390 e. The van der Waals surface area contributed by atoms with Gasteiger partial charge < -0.3 is 11.5 Å². The lowest BCUT2D eigenvalue weighted by Gasteiger charge is -1.97. The topological polar surface area (TPSA) is 69.1 Å². The summed E-state index contributed by atoms with van der Waals surface area (Å²) in [5, 5.41) is 0.311. The van der Waals surface area contributed by atoms with Crippen LogP contribution in [0.15, 0.2) is 30.3 Å². The number of halogens is 1. The van der Waals surface area contributed by atoms with E-state index in [4.69, 9.17) is 11.5 Å². The molecule has 0 aliphatic carbocycles. The van der Waals surface area contributed by atoms with Crippen molar-refractivity contribution in [1.29, 1.82) is 0 Å². The van der Waals surface area contributed by atoms with Crippen molar-refractivity contribution in [3.05, 3.63) is 41.7 Å². The van der Waals surface area contributed by atoms with E-state index in [1.807, 2.05) is 0 Å². The van der Waals surface area contributed by atoms with Crippen molar-refractivity contribution in [2.45, 2.75) is 0 Å². The second-order valence-corrected chi connectivity index (χ2v) is 4.32. The van der Waals surface area contributed by atoms with Gasteiger partial charge in [0.2, 0.25) is 0 Å². The molecule has 1 aromatic heterocycles. The van der Waals surface area contributed by atoms with Crippen LogP contribution in [0.3, 0.4) is 0 Å². The largest absolute Gasteiger partial charge is 0.390 e. The van der Waals surface area contributed by atoms with Crippen molar-refractivity contribution in [2.75, 3.05) is 5.73 Å². The zero-order chi connectivity index (χ0) is 11.7. The Morgan fingerprint density at radius 3 is 2.56 bits per heavy atom. The number of carbonyl (C=O) groups excluding carboxylic acids is 1. The quantitative estimate of drug-likeness (QED) is 0.839. The van der Waals surface area contributed by atoms with Crippen LogP contribution in [0.2, 0.25) is 0 Å². The Morgan fingerprint density at radius 1 is 1.31 bits per heavy atom. The zero-order valence-corrected chi connectivity index (χ0v) is 9.05. The fraction of sp³-hybridized carbons (Fsp3) is 0. The normalized spacial score (nSPS) is 10.3. The molecule has 0 saturated heterocycles. The third kappa shape index (κ3) is 1.77. The Balaban J connectivity index is 2.54. The van der Waals surface area contributed by atoms with E-state index in [1.165, 1.54) is 12.1 Å². The number of nitrogen functional groups attached to an aromatic ring is 1. The smallest absolute Gasteiger partial charge is 0.251 e. The molecular formula is C11H9FN2OS. The fourth-order valence-electron chi connectivity index (χ4n) is 1.39. The molecule has 5 heteroatoms. The molecule has 0 bridgehead atoms. The van der Waals surface area contributed by atoms with Gasteiger partial charge in [0.15, 0.2) is 0 Å². The van der Waals surface area contributed by atoms with Gasteiger partial charge in [-0.3, -0.25) is 4.79 Å². The molecule has 0 spiro atoms. The molecule has 1 heterocycles. The van der Waals surface area contributed by atoms with Gasteiger partial charge in [0, 0.05) is 10.4 Å². The molecule has 0 aliphatic heterocycles. The standard InChI is InChI=1S/C11H9FN2OS/c12-8-4-2-1-3-6(8)9-5-7(10(13)15)11(14)16-9/h1-5H,14H2,(H2,13,15). The molecule has 0 fully saturated rings. The van der Waals surface area contributed by atoms with Crippen LogP contribution >= 0.6 is 11.3 Å². The molecule has 0 atom stereocenters. The summed E-state index contributed by atoms with van der Waals surface area (Å²) in [6, 6.07) is 7.82. The maximum absolute atomic E-state index is 13.5. The van der Waals surface area contributed by atoms with Crippen LogP contribution in [0.1, 0.15) is 10.4 Å². The summed E-state index contributed by atoms with van der Waals surface area (Å²) in [4.78, 5) is 11.6. The van der Waals surface area contributed by atoms with Crippen LogP contribution in [0.5, 0.6) is 0 Å². The van der Waals surface area contributed by atoms with Gasteiger partial charge in [0.1, 0.15) is 5.82 Å². The third-order valence-electron chi connectivity index (χ3n) is 2.17. The zero-order valence-electron chi connectivity index (χ0n) is 8.24. The van der Waals surface area contributed by atoms with E-state index in [0.717, 1.165) is 11.3 Å². The monoisotopic (exact) mass is 236 g/mol. The number of benzene rings is 1. The molecule has 2 rings (SSSR count). The Bertz CT molecular complexity index is 551. The highest BCUT2D eigenvalue weighted by Gasteiger charge is 2.14. The number of nitrogens with two attached hydrogens (primary N) is 2. The van der Waals surface area contributed by atoms with Crippen LogP contribution in [0.25, 0.3) is 10.4 Å². The lowest BCUT2D eigenvalue weighted by Crippen LogP contribution is -2.11. The summed E-state index contributed by atoms with van der Waals surface area (Å²) in [5.74, 6) is -0.948. The Morgan fingerprint density at radius 2 is 2.00 bits per heavy atom. The molecule has 0 saturated carbocycles. The summed E-state index contributed by atoms with van der Waals surface area (Å²) in [5.41, 5.74) is 11.4. The van der Waals surface area contributed by atoms with E-state index in [-0.39, 0.29) is 11.4 Å². The number of primary amides is 1. The molecule has 16 heavy (non-hydrogen) atoms. The van der Waals surface area contributed by atoms with Gasteiger partial charge in [-0.25, -0.2) is 4.39 Å². The van der Waals surface area contributed by atoms with Gasteiger partial charge in [-0.05, 0) is 12.1 Å². The summed E-state index contributed by atoms with van der Waals surface area (Å²) < 4.78 is 13.5. The average molecular weight is 236 g/mol. The molecule has 0 radical (unpaired) electrons. The number of carbonyl (C=O) groups is 1. The predicted molar refractivity (Wildman–Crippen MR) is 62.6 cm³/mol. The van der Waals surface area contributed by atoms with Crippen LogP contribution in [-0.2, 0) is 0 Å². The summed E-state index contributed by atoms with van der Waals surface area (Å²) in [7, 11) is 0. The lowest BCUT2D eigenvalue weighted by atomic mass is 10.1. The fourth-order valence-corrected chi connectivity index (χ4v) is 2.35. The Kier molecular flexibility index (Phi) is 2.62. The Hall–Kier alpha value is -1.88. The first kappa shape index (κ1) is 10.6. The van der Waals surface area contributed by atoms with Crippen molar-refractivity contribution >= 4 is 22.2 Å². The maximum atomic E-state index is 13.5. The third-order valence-corrected chi connectivity index (χ3v) is 3.16. The SMILES string of the molecule is NC(=O)c1cc(-c2ccccc2F)sc1N. The molecule has 0 unspecified atom stereocenters. The van der Waals surface area contributed by atoms with Crippen molar-refractivity contribution in [2.24, 2.45) is 5.73 Å². The number of hydrogen-bond acceptors (Lipinski definition) is 3. The Labute approximate surface area is 95.5 Å². The number of thiophene rings is 1. The van der Waals surface area contributed by atoms with E-state index < -0.39 is 5.91 Å². The molecule has 1 aromatic carbocycles. The number of amides is 1. The van der Waals surface area contributed by atoms with Crippen molar-refractivity contribution < 1.29 is 9.18 Å². The van der Waals surface area contributed by atoms with Crippen molar-refractivity contribution in [3.8, 4) is 10.4 Å². The van der Waals surface area contributed by atoms with Crippen LogP contribution in [0, 0.1) is 5.82 Å². The highest BCUT2D eigenvalue weighted by atomic mass is 32.1. The van der Waals surface area contributed by atoms with Crippen LogP contribution < -0.4 is 11.5 Å². The first-order chi connectivity index (χ1) is 7.59. The van der Waals surface area contributed by atoms with Gasteiger partial charge in [-0.1, -0.05) is 18.2 Å². The minimum atomic E-state index is -0.601. The first-order valence-corrected chi connectivity index (χ1v) is 5.35. The maximum Gasteiger partial charge on any atom is 0.251 e. The molecule has 82 valence electrons. The number of hydrogen-bond donors (Lipinski definition) is 2. The van der Waals surface area contributed by atoms with E-state index in [0.29, 0.717) is 15.4 Å². The molecular weight excluding hydrogens is 227 g/mol. The van der Waals surface area contributed by atoms with Gasteiger partial charge in [-0.2, -0.15) is 0 Å². The summed E-state index contributed by atoms with van der Waals surface area (Å²) in [6.45, 7) is 0. The van der Waals surface area contributed by atoms with E-state index >= 15 is 0 Å². The second-order valence-electron chi connectivity index (χ2n) is 3.23. The average Bonchev–Trinajstić information content (AvgIpc) is 2.61. The summed E-state index contributed by atoms with van der Waals surface area (Å²) in [6.07, 6.45) is 0. The van der Waals surface area contributed by atoms with Crippen molar-refractivity contribution in [1.82, 2.24) is 0 Å². The lowest BCUT2D eigenvalue weighted by molar-refractivity contribution is 0.100. The number of anilines is 1. The van der Waals surface area contributed by atoms with E-state index in [1.54, 1.807) is 18.2 Å². The molecule has 0 aliphatic rings. The van der Waals surface area contributed by atoms with Crippen LogP contribution in [0.4, 0.5) is 9.39 Å². The van der Waals surface area contributed by atoms with E-state index in [2.05, 4.69) is 0 Å². The molecule has 1 amide bonds. The first-order valence-electron chi connectivity index (χ1n) is 4.53. The van der Waals surface area contributed by atoms with Gasteiger partial charge in [0.25, 0.3) is 5.91 Å². The highest BCUT2D eigenvalue weighted by molar-refractivity contribution is 7.19. The minimum absolute atomic E-state index is 0.239. The summed E-state index contributed by atoms with van der Waals surface area (Å²) >= 11 is 1.15. The van der Waals surface area contributed by atoms with Crippen LogP contribution in [-0.4, -0.2) is 5.91 Å². The predicted octanol–water partition coefficient (Wildman–Crippen LogP) is 2.24. The number of rotatable bonds is 2.